The number of para-hydroxylation sites is 2. The Morgan fingerprint density at radius 3 is 2.67 bits per heavy atom. The summed E-state index contributed by atoms with van der Waals surface area (Å²) >= 11 is 7.70. The van der Waals surface area contributed by atoms with Crippen molar-refractivity contribution < 1.29 is 13.9 Å². The number of benzene rings is 3. The fourth-order valence-electron chi connectivity index (χ4n) is 3.63. The second-order valence-electron chi connectivity index (χ2n) is 7.31. The van der Waals surface area contributed by atoms with Crippen LogP contribution < -0.4 is 15.4 Å². The fourth-order valence-corrected chi connectivity index (χ4v) is 4.91. The van der Waals surface area contributed by atoms with Crippen molar-refractivity contribution in [2.75, 3.05) is 12.0 Å². The minimum absolute atomic E-state index is 0.191. The van der Waals surface area contributed by atoms with E-state index in [0.717, 1.165) is 10.3 Å². The number of hydrogen-bond acceptors (Lipinski definition) is 6. The summed E-state index contributed by atoms with van der Waals surface area (Å²) in [6.07, 6.45) is 0. The van der Waals surface area contributed by atoms with Gasteiger partial charge in [-0.2, -0.15) is 0 Å². The SMILES string of the molecule is COc1ccc(Cl)c2sc(N(Cc3ccccc3)C(=O)Cn3c(=O)oc4ccccc43)nc12. The Bertz CT molecular complexity index is 1520. The molecule has 0 aliphatic heterocycles. The lowest BCUT2D eigenvalue weighted by molar-refractivity contribution is -0.119. The molecule has 0 bridgehead atoms. The molecular formula is C24H18ClN3O4S. The van der Waals surface area contributed by atoms with Crippen molar-refractivity contribution >= 4 is 55.3 Å². The van der Waals surface area contributed by atoms with Crippen LogP contribution in [0.15, 0.2) is 75.9 Å². The van der Waals surface area contributed by atoms with Crippen molar-refractivity contribution in [2.45, 2.75) is 13.1 Å². The van der Waals surface area contributed by atoms with Gasteiger partial charge in [0, 0.05) is 0 Å². The van der Waals surface area contributed by atoms with Gasteiger partial charge in [0.15, 0.2) is 10.7 Å². The summed E-state index contributed by atoms with van der Waals surface area (Å²) in [5.74, 6) is -0.319. The normalized spacial score (nSPS) is 11.2. The summed E-state index contributed by atoms with van der Waals surface area (Å²) in [5, 5.41) is 0.991. The van der Waals surface area contributed by atoms with Gasteiger partial charge in [-0.3, -0.25) is 14.3 Å². The highest BCUT2D eigenvalue weighted by molar-refractivity contribution is 7.23. The average molecular weight is 480 g/mol. The standard InChI is InChI=1S/C24H18ClN3O4S/c1-31-19-12-11-16(25)22-21(19)26-23(33-22)28(13-15-7-3-2-4-8-15)20(29)14-27-17-9-5-6-10-18(17)32-24(27)30/h2-12H,13-14H2,1H3. The van der Waals surface area contributed by atoms with Gasteiger partial charge in [-0.25, -0.2) is 9.78 Å². The van der Waals surface area contributed by atoms with Crippen LogP contribution in [0.2, 0.25) is 5.02 Å². The van der Waals surface area contributed by atoms with Gasteiger partial charge in [0.05, 0.1) is 28.9 Å². The molecule has 5 rings (SSSR count). The molecule has 0 aliphatic carbocycles. The second kappa shape index (κ2) is 8.73. The van der Waals surface area contributed by atoms with Gasteiger partial charge in [-0.15, -0.1) is 0 Å². The van der Waals surface area contributed by atoms with Crippen molar-refractivity contribution in [2.24, 2.45) is 0 Å². The molecule has 5 aromatic rings. The first kappa shape index (κ1) is 21.2. The molecule has 0 aliphatic rings. The van der Waals surface area contributed by atoms with Crippen LogP contribution in [0.25, 0.3) is 21.3 Å². The van der Waals surface area contributed by atoms with Crippen molar-refractivity contribution in [3.05, 3.63) is 87.9 Å². The smallest absolute Gasteiger partial charge is 0.420 e. The van der Waals surface area contributed by atoms with E-state index in [4.69, 9.17) is 20.8 Å². The second-order valence-corrected chi connectivity index (χ2v) is 8.70. The number of ether oxygens (including phenoxy) is 1. The predicted octanol–water partition coefficient (Wildman–Crippen LogP) is 5.10. The number of carbonyl (C=O) groups excluding carboxylic acids is 1. The zero-order chi connectivity index (χ0) is 22.9. The van der Waals surface area contributed by atoms with Crippen LogP contribution in [0.4, 0.5) is 5.13 Å². The number of methoxy groups -OCH3 is 1. The molecule has 2 heterocycles. The van der Waals surface area contributed by atoms with Gasteiger partial charge in [-0.05, 0) is 29.8 Å². The topological polar surface area (TPSA) is 77.6 Å². The zero-order valence-corrected chi connectivity index (χ0v) is 19.1. The van der Waals surface area contributed by atoms with Crippen LogP contribution in [-0.2, 0) is 17.9 Å². The van der Waals surface area contributed by atoms with Crippen molar-refractivity contribution in [3.8, 4) is 5.75 Å². The molecular weight excluding hydrogens is 462 g/mol. The molecule has 7 nitrogen and oxygen atoms in total. The summed E-state index contributed by atoms with van der Waals surface area (Å²) in [4.78, 5) is 32.2. The van der Waals surface area contributed by atoms with Gasteiger partial charge >= 0.3 is 5.76 Å². The highest BCUT2D eigenvalue weighted by atomic mass is 35.5. The van der Waals surface area contributed by atoms with Crippen LogP contribution in [0, 0.1) is 0 Å². The molecule has 0 saturated carbocycles. The van der Waals surface area contributed by atoms with E-state index in [1.165, 1.54) is 15.9 Å². The Hall–Kier alpha value is -3.62. The lowest BCUT2D eigenvalue weighted by Crippen LogP contribution is -2.35. The predicted molar refractivity (Wildman–Crippen MR) is 129 cm³/mol. The molecule has 3 aromatic carbocycles. The van der Waals surface area contributed by atoms with Crippen LogP contribution in [0.5, 0.6) is 5.75 Å². The highest BCUT2D eigenvalue weighted by Crippen LogP contribution is 2.39. The van der Waals surface area contributed by atoms with E-state index >= 15 is 0 Å². The van der Waals surface area contributed by atoms with E-state index in [9.17, 15) is 9.59 Å². The Kier molecular flexibility index (Phi) is 5.62. The Morgan fingerprint density at radius 2 is 1.88 bits per heavy atom. The molecule has 0 spiro atoms. The third kappa shape index (κ3) is 3.99. The van der Waals surface area contributed by atoms with Crippen molar-refractivity contribution in [3.63, 3.8) is 0 Å². The third-order valence-electron chi connectivity index (χ3n) is 5.25. The fraction of sp³-hybridized carbons (Fsp3) is 0.125. The minimum atomic E-state index is -0.585. The first-order valence-corrected chi connectivity index (χ1v) is 11.3. The summed E-state index contributed by atoms with van der Waals surface area (Å²) in [6, 6.07) is 20.1. The van der Waals surface area contributed by atoms with E-state index < -0.39 is 5.76 Å². The van der Waals surface area contributed by atoms with E-state index in [1.807, 2.05) is 30.3 Å². The number of amides is 1. The van der Waals surface area contributed by atoms with E-state index in [2.05, 4.69) is 4.98 Å². The summed E-state index contributed by atoms with van der Waals surface area (Å²) in [6.45, 7) is 0.0907. The van der Waals surface area contributed by atoms with Gasteiger partial charge in [0.1, 0.15) is 17.8 Å². The zero-order valence-electron chi connectivity index (χ0n) is 17.5. The van der Waals surface area contributed by atoms with Crippen molar-refractivity contribution in [1.82, 2.24) is 9.55 Å². The number of thiazole rings is 1. The lowest BCUT2D eigenvalue weighted by Gasteiger charge is -2.20. The summed E-state index contributed by atoms with van der Waals surface area (Å²) < 4.78 is 12.8. The Balaban J connectivity index is 1.58. The van der Waals surface area contributed by atoms with Crippen LogP contribution in [-0.4, -0.2) is 22.6 Å². The molecule has 0 unspecified atom stereocenters. The number of rotatable bonds is 6. The molecule has 9 heteroatoms. The first-order valence-electron chi connectivity index (χ1n) is 10.1. The van der Waals surface area contributed by atoms with Gasteiger partial charge in [0.25, 0.3) is 0 Å². The largest absolute Gasteiger partial charge is 0.494 e. The maximum Gasteiger partial charge on any atom is 0.420 e. The number of carbonyl (C=O) groups is 1. The molecule has 0 saturated heterocycles. The number of anilines is 1. The number of halogens is 1. The van der Waals surface area contributed by atoms with Gasteiger partial charge < -0.3 is 9.15 Å². The van der Waals surface area contributed by atoms with Gasteiger partial charge in [-0.1, -0.05) is 65.4 Å². The molecule has 0 atom stereocenters. The minimum Gasteiger partial charge on any atom is -0.494 e. The number of aromatic nitrogens is 2. The van der Waals surface area contributed by atoms with Crippen molar-refractivity contribution in [1.29, 1.82) is 0 Å². The van der Waals surface area contributed by atoms with E-state index in [1.54, 1.807) is 48.4 Å². The van der Waals surface area contributed by atoms with E-state index in [0.29, 0.717) is 32.5 Å². The number of hydrogen-bond donors (Lipinski definition) is 0. The monoisotopic (exact) mass is 479 g/mol. The number of nitrogens with zero attached hydrogens (tertiary/aromatic N) is 3. The molecule has 0 N–H and O–H groups in total. The number of oxazole rings is 1. The molecule has 2 aromatic heterocycles. The van der Waals surface area contributed by atoms with Crippen LogP contribution >= 0.6 is 22.9 Å². The summed E-state index contributed by atoms with van der Waals surface area (Å²) in [5.41, 5.74) is 2.50. The summed E-state index contributed by atoms with van der Waals surface area (Å²) in [7, 11) is 1.56. The average Bonchev–Trinajstić information content (AvgIpc) is 3.41. The highest BCUT2D eigenvalue weighted by Gasteiger charge is 2.24. The molecule has 1 amide bonds. The first-order chi connectivity index (χ1) is 16.0. The van der Waals surface area contributed by atoms with E-state index in [-0.39, 0.29) is 19.0 Å². The Labute approximate surface area is 197 Å². The molecule has 166 valence electrons. The lowest BCUT2D eigenvalue weighted by atomic mass is 10.2. The third-order valence-corrected chi connectivity index (χ3v) is 6.79. The van der Waals surface area contributed by atoms with Crippen LogP contribution in [0.1, 0.15) is 5.56 Å². The van der Waals surface area contributed by atoms with Gasteiger partial charge in [0.2, 0.25) is 5.91 Å². The Morgan fingerprint density at radius 1 is 1.12 bits per heavy atom. The molecule has 33 heavy (non-hydrogen) atoms. The quantitative estimate of drug-likeness (QED) is 0.338. The molecule has 0 fully saturated rings. The number of fused-ring (bicyclic) bond motifs is 2. The maximum atomic E-state index is 13.6. The van der Waals surface area contributed by atoms with Crippen LogP contribution in [0.3, 0.4) is 0 Å². The molecule has 0 radical (unpaired) electrons. The maximum absolute atomic E-state index is 13.6.